The highest BCUT2D eigenvalue weighted by Gasteiger charge is 2.44. The van der Waals surface area contributed by atoms with Crippen molar-refractivity contribution in [3.63, 3.8) is 0 Å². The molecule has 1 unspecified atom stereocenters. The molecule has 5 heteroatoms. The molecule has 2 aliphatic carbocycles. The topological polar surface area (TPSA) is 60.9 Å². The Morgan fingerprint density at radius 1 is 1.04 bits per heavy atom. The number of carbonyl (C=O) groups is 2. The van der Waals surface area contributed by atoms with Gasteiger partial charge >= 0.3 is 0 Å². The maximum absolute atomic E-state index is 13.1. The molecule has 1 aliphatic heterocycles. The molecule has 0 aromatic carbocycles. The van der Waals surface area contributed by atoms with Crippen LogP contribution in [-0.4, -0.2) is 59.0 Å². The van der Waals surface area contributed by atoms with Gasteiger partial charge in [0, 0.05) is 31.5 Å². The minimum atomic E-state index is -0.381. The number of amides is 2. The molecule has 0 aromatic rings. The van der Waals surface area contributed by atoms with E-state index in [4.69, 9.17) is 0 Å². The van der Waals surface area contributed by atoms with Gasteiger partial charge in [-0.3, -0.25) is 9.59 Å². The van der Waals surface area contributed by atoms with Crippen LogP contribution in [0.4, 0.5) is 0 Å². The molecular formula is C19H32N2O3. The third-order valence-electron chi connectivity index (χ3n) is 6.54. The smallest absolute Gasteiger partial charge is 0.228 e. The van der Waals surface area contributed by atoms with Gasteiger partial charge in [0.1, 0.15) is 0 Å². The fraction of sp³-hybridized carbons (Fsp3) is 0.895. The van der Waals surface area contributed by atoms with E-state index in [2.05, 4.69) is 13.8 Å². The molecule has 2 saturated carbocycles. The van der Waals surface area contributed by atoms with E-state index in [1.54, 1.807) is 0 Å². The van der Waals surface area contributed by atoms with Gasteiger partial charge in [-0.2, -0.15) is 0 Å². The van der Waals surface area contributed by atoms with Crippen molar-refractivity contribution in [3.8, 4) is 0 Å². The van der Waals surface area contributed by atoms with E-state index in [0.717, 1.165) is 51.5 Å². The quantitative estimate of drug-likeness (QED) is 0.854. The number of hydrogen-bond acceptors (Lipinski definition) is 3. The summed E-state index contributed by atoms with van der Waals surface area (Å²) in [6, 6.07) is 0.172. The molecule has 0 bridgehead atoms. The van der Waals surface area contributed by atoms with Crippen LogP contribution in [0.5, 0.6) is 0 Å². The predicted molar refractivity (Wildman–Crippen MR) is 92.2 cm³/mol. The summed E-state index contributed by atoms with van der Waals surface area (Å²) in [4.78, 5) is 29.2. The highest BCUT2D eigenvalue weighted by atomic mass is 16.3. The van der Waals surface area contributed by atoms with Crippen molar-refractivity contribution in [2.45, 2.75) is 70.9 Å². The first-order valence-electron chi connectivity index (χ1n) is 9.54. The van der Waals surface area contributed by atoms with Gasteiger partial charge in [0.05, 0.1) is 12.1 Å². The molecule has 0 aromatic heterocycles. The number of rotatable bonds is 4. The number of likely N-dealkylation sites (tertiary alicyclic amines) is 1. The lowest BCUT2D eigenvalue weighted by molar-refractivity contribution is -0.144. The van der Waals surface area contributed by atoms with Gasteiger partial charge in [0.2, 0.25) is 11.8 Å². The second-order valence-electron chi connectivity index (χ2n) is 8.64. The minimum Gasteiger partial charge on any atom is -0.393 e. The van der Waals surface area contributed by atoms with Gasteiger partial charge in [-0.05, 0) is 50.9 Å². The highest BCUT2D eigenvalue weighted by molar-refractivity contribution is 5.83. The highest BCUT2D eigenvalue weighted by Crippen LogP contribution is 2.40. The molecule has 1 atom stereocenters. The summed E-state index contributed by atoms with van der Waals surface area (Å²) in [5.74, 6) is 1.07. The minimum absolute atomic E-state index is 0.172. The van der Waals surface area contributed by atoms with E-state index >= 15 is 0 Å². The Bertz CT molecular complexity index is 493. The van der Waals surface area contributed by atoms with Crippen LogP contribution in [0.2, 0.25) is 0 Å². The molecule has 1 saturated heterocycles. The summed E-state index contributed by atoms with van der Waals surface area (Å²) < 4.78 is 0. The summed E-state index contributed by atoms with van der Waals surface area (Å²) in [6.07, 6.45) is 6.23. The molecule has 1 heterocycles. The van der Waals surface area contributed by atoms with Crippen LogP contribution in [0.1, 0.15) is 58.8 Å². The van der Waals surface area contributed by atoms with E-state index in [1.807, 2.05) is 16.8 Å². The van der Waals surface area contributed by atoms with Crippen LogP contribution in [0.3, 0.4) is 0 Å². The lowest BCUT2D eigenvalue weighted by atomic mass is 9.70. The van der Waals surface area contributed by atoms with Crippen molar-refractivity contribution in [1.29, 1.82) is 0 Å². The lowest BCUT2D eigenvalue weighted by Crippen LogP contribution is -2.47. The van der Waals surface area contributed by atoms with Crippen LogP contribution >= 0.6 is 0 Å². The monoisotopic (exact) mass is 336 g/mol. The SMILES string of the molecule is CN(C(=O)C1CC1)C1CCN(C(=O)C(C)(C)C2CCC(O)CC2)C1. The van der Waals surface area contributed by atoms with Crippen molar-refractivity contribution in [3.05, 3.63) is 0 Å². The summed E-state index contributed by atoms with van der Waals surface area (Å²) in [5.41, 5.74) is -0.381. The second-order valence-corrected chi connectivity index (χ2v) is 8.64. The van der Waals surface area contributed by atoms with Gasteiger partial charge in [-0.1, -0.05) is 13.8 Å². The Hall–Kier alpha value is -1.10. The van der Waals surface area contributed by atoms with E-state index in [-0.39, 0.29) is 35.3 Å². The van der Waals surface area contributed by atoms with Gasteiger partial charge in [0.15, 0.2) is 0 Å². The lowest BCUT2D eigenvalue weighted by Gasteiger charge is -2.39. The van der Waals surface area contributed by atoms with E-state index < -0.39 is 0 Å². The van der Waals surface area contributed by atoms with E-state index in [9.17, 15) is 14.7 Å². The Morgan fingerprint density at radius 2 is 1.67 bits per heavy atom. The van der Waals surface area contributed by atoms with E-state index in [0.29, 0.717) is 12.5 Å². The summed E-state index contributed by atoms with van der Waals surface area (Å²) in [5, 5.41) is 9.71. The van der Waals surface area contributed by atoms with Crippen LogP contribution in [0.15, 0.2) is 0 Å². The van der Waals surface area contributed by atoms with Crippen molar-refractivity contribution < 1.29 is 14.7 Å². The largest absolute Gasteiger partial charge is 0.393 e. The Kier molecular flexibility index (Phi) is 4.92. The predicted octanol–water partition coefficient (Wildman–Crippen LogP) is 2.03. The number of likely N-dealkylation sites (N-methyl/N-ethyl adjacent to an activating group) is 1. The Balaban J connectivity index is 1.58. The second kappa shape index (κ2) is 6.66. The van der Waals surface area contributed by atoms with Gasteiger partial charge in [0.25, 0.3) is 0 Å². The fourth-order valence-electron chi connectivity index (χ4n) is 4.42. The summed E-state index contributed by atoms with van der Waals surface area (Å²) in [7, 11) is 1.90. The van der Waals surface area contributed by atoms with Crippen molar-refractivity contribution in [2.75, 3.05) is 20.1 Å². The van der Waals surface area contributed by atoms with Crippen molar-refractivity contribution in [2.24, 2.45) is 17.3 Å². The fourth-order valence-corrected chi connectivity index (χ4v) is 4.42. The summed E-state index contributed by atoms with van der Waals surface area (Å²) in [6.45, 7) is 5.55. The molecular weight excluding hydrogens is 304 g/mol. The van der Waals surface area contributed by atoms with E-state index in [1.165, 1.54) is 0 Å². The number of carbonyl (C=O) groups excluding carboxylic acids is 2. The maximum atomic E-state index is 13.1. The van der Waals surface area contributed by atoms with Gasteiger partial charge in [-0.15, -0.1) is 0 Å². The number of hydrogen-bond donors (Lipinski definition) is 1. The maximum Gasteiger partial charge on any atom is 0.228 e. The molecule has 0 spiro atoms. The average Bonchev–Trinajstić information content (AvgIpc) is 3.30. The molecule has 3 rings (SSSR count). The first-order valence-corrected chi connectivity index (χ1v) is 9.54. The zero-order chi connectivity index (χ0) is 17.5. The van der Waals surface area contributed by atoms with Crippen LogP contribution in [0.25, 0.3) is 0 Å². The van der Waals surface area contributed by atoms with Gasteiger partial charge in [-0.25, -0.2) is 0 Å². The van der Waals surface area contributed by atoms with Crippen molar-refractivity contribution in [1.82, 2.24) is 9.80 Å². The summed E-state index contributed by atoms with van der Waals surface area (Å²) >= 11 is 0. The molecule has 24 heavy (non-hydrogen) atoms. The molecule has 5 nitrogen and oxygen atoms in total. The number of aliphatic hydroxyl groups excluding tert-OH is 1. The molecule has 1 N–H and O–H groups in total. The van der Waals surface area contributed by atoms with Crippen LogP contribution < -0.4 is 0 Å². The van der Waals surface area contributed by atoms with Crippen molar-refractivity contribution >= 4 is 11.8 Å². The Morgan fingerprint density at radius 3 is 2.25 bits per heavy atom. The first-order chi connectivity index (χ1) is 11.3. The molecule has 2 amide bonds. The normalized spacial score (nSPS) is 31.2. The molecule has 136 valence electrons. The molecule has 3 aliphatic rings. The zero-order valence-corrected chi connectivity index (χ0v) is 15.3. The third kappa shape index (κ3) is 3.46. The molecule has 0 radical (unpaired) electrons. The number of nitrogens with zero attached hydrogens (tertiary/aromatic N) is 2. The molecule has 3 fully saturated rings. The third-order valence-corrected chi connectivity index (χ3v) is 6.54. The van der Waals surface area contributed by atoms with Crippen LogP contribution in [0, 0.1) is 17.3 Å². The standard InChI is InChI=1S/C19H32N2O3/c1-19(2,14-6-8-16(22)9-7-14)18(24)21-11-10-15(12-21)20(3)17(23)13-4-5-13/h13-16,22H,4-12H2,1-3H3. The zero-order valence-electron chi connectivity index (χ0n) is 15.3. The Labute approximate surface area is 145 Å². The first kappa shape index (κ1) is 17.7. The average molecular weight is 336 g/mol. The van der Waals surface area contributed by atoms with Gasteiger partial charge < -0.3 is 14.9 Å². The number of aliphatic hydroxyl groups is 1. The van der Waals surface area contributed by atoms with Crippen LogP contribution in [-0.2, 0) is 9.59 Å².